The second kappa shape index (κ2) is 6.26. The summed E-state index contributed by atoms with van der Waals surface area (Å²) in [7, 11) is 1.71. The highest BCUT2D eigenvalue weighted by molar-refractivity contribution is 5.86. The Morgan fingerprint density at radius 3 is 2.52 bits per heavy atom. The number of nitrogens with one attached hydrogen (secondary N) is 1. The van der Waals surface area contributed by atoms with E-state index in [9.17, 15) is 9.59 Å². The van der Waals surface area contributed by atoms with E-state index in [0.29, 0.717) is 0 Å². The summed E-state index contributed by atoms with van der Waals surface area (Å²) < 4.78 is 5.52. The summed E-state index contributed by atoms with van der Waals surface area (Å²) in [6.45, 7) is 5.74. The monoisotopic (exact) mass is 290 g/mol. The van der Waals surface area contributed by atoms with Crippen LogP contribution in [0, 0.1) is 6.92 Å². The minimum Gasteiger partial charge on any atom is -0.356 e. The Bertz CT molecular complexity index is 525. The minimum absolute atomic E-state index is 0.0303. The van der Waals surface area contributed by atoms with Gasteiger partial charge in [0.2, 0.25) is 5.91 Å². The van der Waals surface area contributed by atoms with Crippen LogP contribution >= 0.6 is 0 Å². The van der Waals surface area contributed by atoms with Gasteiger partial charge in [0.15, 0.2) is 6.10 Å². The molecule has 1 saturated heterocycles. The molecule has 21 heavy (non-hydrogen) atoms. The highest BCUT2D eigenvalue weighted by Gasteiger charge is 2.40. The van der Waals surface area contributed by atoms with Gasteiger partial charge < -0.3 is 15.0 Å². The van der Waals surface area contributed by atoms with Crippen LogP contribution in [0.1, 0.15) is 31.0 Å². The number of aryl methyl sites for hydroxylation is 1. The standard InChI is InChI=1S/C16H22N2O3/c1-10(2)17-16(20)15-14(18(4)13(19)9-21-15)12-7-5-11(3)6-8-12/h5-8,10,14-15H,9H2,1-4H3,(H,17,20)/t14-,15+/m1/s1. The average molecular weight is 290 g/mol. The van der Waals surface area contributed by atoms with Crippen LogP contribution in [-0.4, -0.2) is 42.5 Å². The lowest BCUT2D eigenvalue weighted by atomic mass is 9.96. The predicted molar refractivity (Wildman–Crippen MR) is 79.7 cm³/mol. The minimum atomic E-state index is -0.683. The largest absolute Gasteiger partial charge is 0.356 e. The molecule has 0 bridgehead atoms. The second-order valence-electron chi connectivity index (χ2n) is 5.76. The number of carbonyl (C=O) groups is 2. The first-order valence-electron chi connectivity index (χ1n) is 7.14. The van der Waals surface area contributed by atoms with Crippen molar-refractivity contribution in [3.63, 3.8) is 0 Å². The number of nitrogens with zero attached hydrogens (tertiary/aromatic N) is 1. The molecule has 0 saturated carbocycles. The lowest BCUT2D eigenvalue weighted by Gasteiger charge is -2.38. The van der Waals surface area contributed by atoms with Gasteiger partial charge in [-0.05, 0) is 26.3 Å². The van der Waals surface area contributed by atoms with E-state index in [2.05, 4.69) is 5.32 Å². The van der Waals surface area contributed by atoms with E-state index >= 15 is 0 Å². The Kier molecular flexibility index (Phi) is 4.63. The van der Waals surface area contributed by atoms with Crippen LogP contribution in [0.25, 0.3) is 0 Å². The maximum absolute atomic E-state index is 12.3. The molecule has 2 rings (SSSR count). The van der Waals surface area contributed by atoms with Crippen molar-refractivity contribution in [2.45, 2.75) is 39.0 Å². The van der Waals surface area contributed by atoms with Crippen molar-refractivity contribution in [1.82, 2.24) is 10.2 Å². The third kappa shape index (κ3) is 3.42. The summed E-state index contributed by atoms with van der Waals surface area (Å²) in [6.07, 6.45) is -0.683. The van der Waals surface area contributed by atoms with E-state index in [1.165, 1.54) is 0 Å². The van der Waals surface area contributed by atoms with E-state index < -0.39 is 12.1 Å². The SMILES string of the molecule is Cc1ccc([C@@H]2[C@@H](C(=O)NC(C)C)OCC(=O)N2C)cc1. The Morgan fingerprint density at radius 1 is 1.33 bits per heavy atom. The molecule has 5 nitrogen and oxygen atoms in total. The van der Waals surface area contributed by atoms with Crippen LogP contribution < -0.4 is 5.32 Å². The van der Waals surface area contributed by atoms with Gasteiger partial charge in [-0.2, -0.15) is 0 Å². The number of hydrogen-bond acceptors (Lipinski definition) is 3. The molecule has 2 atom stereocenters. The van der Waals surface area contributed by atoms with E-state index in [0.717, 1.165) is 11.1 Å². The summed E-state index contributed by atoms with van der Waals surface area (Å²) in [4.78, 5) is 25.8. The van der Waals surface area contributed by atoms with E-state index in [1.54, 1.807) is 11.9 Å². The van der Waals surface area contributed by atoms with Crippen LogP contribution in [0.5, 0.6) is 0 Å². The predicted octanol–water partition coefficient (Wildman–Crippen LogP) is 1.42. The van der Waals surface area contributed by atoms with Gasteiger partial charge in [-0.1, -0.05) is 29.8 Å². The molecule has 2 amide bonds. The van der Waals surface area contributed by atoms with Crippen molar-refractivity contribution >= 4 is 11.8 Å². The molecule has 1 aromatic rings. The van der Waals surface area contributed by atoms with E-state index in [1.807, 2.05) is 45.0 Å². The van der Waals surface area contributed by atoms with Gasteiger partial charge in [-0.25, -0.2) is 0 Å². The highest BCUT2D eigenvalue weighted by Crippen LogP contribution is 2.29. The maximum Gasteiger partial charge on any atom is 0.251 e. The second-order valence-corrected chi connectivity index (χ2v) is 5.76. The number of carbonyl (C=O) groups excluding carboxylic acids is 2. The summed E-state index contributed by atoms with van der Waals surface area (Å²) in [5.74, 6) is -0.302. The van der Waals surface area contributed by atoms with Gasteiger partial charge in [0, 0.05) is 13.1 Å². The summed E-state index contributed by atoms with van der Waals surface area (Å²) in [5.41, 5.74) is 2.03. The van der Waals surface area contributed by atoms with Crippen molar-refractivity contribution in [2.24, 2.45) is 0 Å². The fourth-order valence-corrected chi connectivity index (χ4v) is 2.46. The van der Waals surface area contributed by atoms with Crippen molar-refractivity contribution in [3.05, 3.63) is 35.4 Å². The fraction of sp³-hybridized carbons (Fsp3) is 0.500. The van der Waals surface area contributed by atoms with Crippen LogP contribution in [-0.2, 0) is 14.3 Å². The highest BCUT2D eigenvalue weighted by atomic mass is 16.5. The zero-order valence-corrected chi connectivity index (χ0v) is 12.9. The zero-order valence-electron chi connectivity index (χ0n) is 12.9. The van der Waals surface area contributed by atoms with Crippen LogP contribution in [0.4, 0.5) is 0 Å². The number of hydrogen-bond donors (Lipinski definition) is 1. The molecule has 114 valence electrons. The molecule has 0 aromatic heterocycles. The molecule has 1 fully saturated rings. The Morgan fingerprint density at radius 2 is 1.95 bits per heavy atom. The van der Waals surface area contributed by atoms with Gasteiger partial charge in [-0.15, -0.1) is 0 Å². The average Bonchev–Trinajstić information content (AvgIpc) is 2.42. The first-order chi connectivity index (χ1) is 9.90. The summed E-state index contributed by atoms with van der Waals surface area (Å²) in [6, 6.07) is 7.45. The third-order valence-corrected chi connectivity index (χ3v) is 3.59. The van der Waals surface area contributed by atoms with Gasteiger partial charge >= 0.3 is 0 Å². The molecule has 1 aliphatic rings. The molecule has 0 aliphatic carbocycles. The first-order valence-corrected chi connectivity index (χ1v) is 7.14. The van der Waals surface area contributed by atoms with Gasteiger partial charge in [0.25, 0.3) is 5.91 Å². The molecular formula is C16H22N2O3. The molecule has 0 radical (unpaired) electrons. The van der Waals surface area contributed by atoms with Crippen molar-refractivity contribution in [1.29, 1.82) is 0 Å². The Hall–Kier alpha value is -1.88. The zero-order chi connectivity index (χ0) is 15.6. The number of benzene rings is 1. The third-order valence-electron chi connectivity index (χ3n) is 3.59. The Balaban J connectivity index is 2.31. The maximum atomic E-state index is 12.3. The Labute approximate surface area is 125 Å². The summed E-state index contributed by atoms with van der Waals surface area (Å²) >= 11 is 0. The van der Waals surface area contributed by atoms with Gasteiger partial charge in [0.05, 0.1) is 6.04 Å². The van der Waals surface area contributed by atoms with E-state index in [4.69, 9.17) is 4.74 Å². The lowest BCUT2D eigenvalue weighted by molar-refractivity contribution is -0.162. The van der Waals surface area contributed by atoms with E-state index in [-0.39, 0.29) is 24.5 Å². The van der Waals surface area contributed by atoms with Crippen molar-refractivity contribution in [3.8, 4) is 0 Å². The van der Waals surface area contributed by atoms with Crippen LogP contribution in [0.2, 0.25) is 0 Å². The number of rotatable bonds is 3. The summed E-state index contributed by atoms with van der Waals surface area (Å²) in [5, 5.41) is 2.86. The molecular weight excluding hydrogens is 268 g/mol. The number of amides is 2. The quantitative estimate of drug-likeness (QED) is 0.916. The van der Waals surface area contributed by atoms with Gasteiger partial charge in [-0.3, -0.25) is 9.59 Å². The smallest absolute Gasteiger partial charge is 0.251 e. The molecule has 0 unspecified atom stereocenters. The number of likely N-dealkylation sites (N-methyl/N-ethyl adjacent to an activating group) is 1. The molecule has 1 heterocycles. The van der Waals surface area contributed by atoms with Crippen molar-refractivity contribution in [2.75, 3.05) is 13.7 Å². The molecule has 0 spiro atoms. The molecule has 1 N–H and O–H groups in total. The molecule has 1 aromatic carbocycles. The van der Waals surface area contributed by atoms with Gasteiger partial charge in [0.1, 0.15) is 6.61 Å². The van der Waals surface area contributed by atoms with Crippen LogP contribution in [0.15, 0.2) is 24.3 Å². The normalized spacial score (nSPS) is 22.5. The topological polar surface area (TPSA) is 58.6 Å². The number of morpholine rings is 1. The lowest BCUT2D eigenvalue weighted by Crippen LogP contribution is -2.53. The van der Waals surface area contributed by atoms with Crippen molar-refractivity contribution < 1.29 is 14.3 Å². The fourth-order valence-electron chi connectivity index (χ4n) is 2.46. The van der Waals surface area contributed by atoms with Crippen LogP contribution in [0.3, 0.4) is 0 Å². The molecule has 5 heteroatoms. The first kappa shape index (κ1) is 15.5. The number of ether oxygens (including phenoxy) is 1. The molecule has 1 aliphatic heterocycles.